The Labute approximate surface area is 165 Å². The molecular formula is C19H25ClO8. The minimum absolute atomic E-state index is 0.296. The topological polar surface area (TPSA) is 147 Å². The molecule has 1 fully saturated rings. The average molecular weight is 417 g/mol. The molecule has 156 valence electrons. The molecule has 0 amide bonds. The highest BCUT2D eigenvalue weighted by Gasteiger charge is 2.48. The summed E-state index contributed by atoms with van der Waals surface area (Å²) in [6.07, 6.45) is 7.44. The van der Waals surface area contributed by atoms with Crippen LogP contribution in [-0.4, -0.2) is 11.9 Å². The number of unbranched alkanes of at least 4 members (excludes halogenated alkanes) is 2. The molecule has 28 heavy (non-hydrogen) atoms. The highest BCUT2D eigenvalue weighted by molar-refractivity contribution is 5.97. The maximum absolute atomic E-state index is 11.9. The molecule has 0 N–H and O–H groups in total. The molecule has 0 radical (unpaired) electrons. The zero-order valence-corrected chi connectivity index (χ0v) is 16.8. The monoisotopic (exact) mass is 416 g/mol. The van der Waals surface area contributed by atoms with Crippen LogP contribution in [0.2, 0.25) is 0 Å². The second kappa shape index (κ2) is 9.76. The summed E-state index contributed by atoms with van der Waals surface area (Å²) < 4.78 is 45.0. The van der Waals surface area contributed by atoms with Gasteiger partial charge in [-0.3, -0.25) is 9.59 Å². The summed E-state index contributed by atoms with van der Waals surface area (Å²) in [5, 5.41) is 0. The summed E-state index contributed by atoms with van der Waals surface area (Å²) in [4.78, 5) is 23.8. The Kier molecular flexibility index (Phi) is 7.91. The van der Waals surface area contributed by atoms with E-state index in [4.69, 9.17) is 27.8 Å². The van der Waals surface area contributed by atoms with Crippen LogP contribution in [-0.2, 0) is 40.0 Å². The average Bonchev–Trinajstić information content (AvgIpc) is 2.88. The number of hydrogen-bond acceptors (Lipinski definition) is 7. The molecule has 1 aromatic rings. The Bertz CT molecular complexity index is 707. The van der Waals surface area contributed by atoms with Gasteiger partial charge in [-0.2, -0.15) is 0 Å². The minimum Gasteiger partial charge on any atom is -0.393 e. The van der Waals surface area contributed by atoms with Crippen LogP contribution in [0.25, 0.3) is 0 Å². The van der Waals surface area contributed by atoms with E-state index in [-0.39, 0.29) is 23.8 Å². The van der Waals surface area contributed by atoms with Crippen LogP contribution in [0.1, 0.15) is 62.2 Å². The van der Waals surface area contributed by atoms with Gasteiger partial charge in [-0.25, -0.2) is 23.1 Å². The summed E-state index contributed by atoms with van der Waals surface area (Å²) in [6, 6.07) is 2.10. The van der Waals surface area contributed by atoms with Crippen LogP contribution in [0.15, 0.2) is 10.5 Å². The van der Waals surface area contributed by atoms with Crippen molar-refractivity contribution in [2.45, 2.75) is 65.2 Å². The molecule has 3 rings (SSSR count). The molecule has 2 atom stereocenters. The number of cyclic esters (lactones) is 2. The van der Waals surface area contributed by atoms with E-state index in [1.165, 1.54) is 5.56 Å². The number of carbonyl (C=O) groups excluding carboxylic acids is 2. The van der Waals surface area contributed by atoms with Gasteiger partial charge in [0.05, 0.1) is 30.2 Å². The van der Waals surface area contributed by atoms with Gasteiger partial charge < -0.3 is 4.74 Å². The number of fused-ring (bicyclic) bond motifs is 2. The fourth-order valence-electron chi connectivity index (χ4n) is 3.64. The third-order valence-corrected chi connectivity index (χ3v) is 5.00. The van der Waals surface area contributed by atoms with E-state index in [2.05, 4.69) is 19.9 Å². The van der Waals surface area contributed by atoms with Crippen LogP contribution >= 0.6 is 0 Å². The van der Waals surface area contributed by atoms with Crippen LogP contribution in [0.5, 0.6) is 0 Å². The van der Waals surface area contributed by atoms with E-state index < -0.39 is 10.2 Å². The summed E-state index contributed by atoms with van der Waals surface area (Å²) in [7, 11) is -4.94. The number of aryl methyl sites for hydroxylation is 2. The maximum atomic E-state index is 11.9. The molecule has 1 aromatic heterocycles. The van der Waals surface area contributed by atoms with Gasteiger partial charge in [-0.15, -0.1) is 10.2 Å². The predicted octanol–water partition coefficient (Wildman–Crippen LogP) is -1.10. The van der Waals surface area contributed by atoms with E-state index in [9.17, 15) is 9.59 Å². The molecule has 0 aromatic carbocycles. The fourth-order valence-corrected chi connectivity index (χ4v) is 3.64. The molecule has 1 saturated heterocycles. The standard InChI is InChI=1S/C19H25O4.ClHO4/c1-3-5-7-13-9-12-10-15-16(19(21)23-18(15)20)11-14(12)17(22-13)8-6-4-2;2-1(3,4)5/h9,15-16H,3-8,10-11H2,1-2H3;(H,2,3,4,5)/q+1;/p-1. The van der Waals surface area contributed by atoms with Crippen molar-refractivity contribution in [3.05, 3.63) is 28.7 Å². The van der Waals surface area contributed by atoms with Gasteiger partial charge in [0.1, 0.15) is 0 Å². The first-order chi connectivity index (χ1) is 13.1. The van der Waals surface area contributed by atoms with Crippen LogP contribution < -0.4 is 18.6 Å². The Morgan fingerprint density at radius 2 is 1.54 bits per heavy atom. The van der Waals surface area contributed by atoms with Crippen LogP contribution in [0.4, 0.5) is 0 Å². The number of halogens is 1. The number of rotatable bonds is 6. The normalized spacial score (nSPS) is 20.8. The number of esters is 2. The molecule has 9 heteroatoms. The Hall–Kier alpha value is -1.58. The highest BCUT2D eigenvalue weighted by Crippen LogP contribution is 2.38. The van der Waals surface area contributed by atoms with E-state index >= 15 is 0 Å². The largest absolute Gasteiger partial charge is 0.393 e. The zero-order valence-electron chi connectivity index (χ0n) is 16.0. The van der Waals surface area contributed by atoms with E-state index in [0.717, 1.165) is 55.6 Å². The summed E-state index contributed by atoms with van der Waals surface area (Å²) in [5.74, 6) is 0.704. The first kappa shape index (κ1) is 22.7. The van der Waals surface area contributed by atoms with Gasteiger partial charge in [0, 0.05) is 6.07 Å². The summed E-state index contributed by atoms with van der Waals surface area (Å²) >= 11 is 0. The lowest BCUT2D eigenvalue weighted by Gasteiger charge is -2.21. The molecule has 0 saturated carbocycles. The zero-order chi connectivity index (χ0) is 20.9. The Morgan fingerprint density at radius 3 is 2.11 bits per heavy atom. The van der Waals surface area contributed by atoms with E-state index in [1.54, 1.807) is 0 Å². The third-order valence-electron chi connectivity index (χ3n) is 5.00. The molecule has 2 unspecified atom stereocenters. The van der Waals surface area contributed by atoms with Gasteiger partial charge >= 0.3 is 23.5 Å². The molecule has 0 spiro atoms. The van der Waals surface area contributed by atoms with Crippen molar-refractivity contribution < 1.29 is 47.6 Å². The molecule has 0 bridgehead atoms. The summed E-state index contributed by atoms with van der Waals surface area (Å²) in [5.41, 5.74) is 2.33. The van der Waals surface area contributed by atoms with E-state index in [0.29, 0.717) is 12.8 Å². The van der Waals surface area contributed by atoms with Gasteiger partial charge in [-0.05, 0) is 31.2 Å². The van der Waals surface area contributed by atoms with Crippen molar-refractivity contribution in [3.8, 4) is 0 Å². The number of carbonyl (C=O) groups is 2. The van der Waals surface area contributed by atoms with Crippen LogP contribution in [0, 0.1) is 22.1 Å². The quantitative estimate of drug-likeness (QED) is 0.322. The lowest BCUT2D eigenvalue weighted by Crippen LogP contribution is -2.68. The molecule has 1 aliphatic carbocycles. The molecule has 1 aliphatic heterocycles. The van der Waals surface area contributed by atoms with E-state index in [1.807, 2.05) is 0 Å². The minimum atomic E-state index is -4.94. The highest BCUT2D eigenvalue weighted by atomic mass is 35.7. The van der Waals surface area contributed by atoms with Gasteiger partial charge in [0.2, 0.25) is 0 Å². The van der Waals surface area contributed by atoms with Gasteiger partial charge in [0.25, 0.3) is 0 Å². The van der Waals surface area contributed by atoms with Crippen molar-refractivity contribution in [1.29, 1.82) is 0 Å². The van der Waals surface area contributed by atoms with Crippen molar-refractivity contribution in [3.63, 3.8) is 0 Å². The van der Waals surface area contributed by atoms with Gasteiger partial charge in [-0.1, -0.05) is 26.7 Å². The number of ether oxygens (including phenoxy) is 1. The fraction of sp³-hybridized carbons (Fsp3) is 0.632. The smallest absolute Gasteiger partial charge is 0.332 e. The van der Waals surface area contributed by atoms with Crippen molar-refractivity contribution in [1.82, 2.24) is 0 Å². The second-order valence-corrected chi connectivity index (χ2v) is 7.84. The van der Waals surface area contributed by atoms with Crippen LogP contribution in [0.3, 0.4) is 0 Å². The lowest BCUT2D eigenvalue weighted by molar-refractivity contribution is -2.00. The SMILES string of the molecule is CCCCc1cc2c(c(CCCC)[o+]1)CC1C(=O)OC(=O)C1C2.[O-][Cl+3]([O-])([O-])[O-]. The van der Waals surface area contributed by atoms with Crippen molar-refractivity contribution in [2.75, 3.05) is 0 Å². The molecule has 2 aliphatic rings. The maximum Gasteiger partial charge on any atom is 0.332 e. The third kappa shape index (κ3) is 6.22. The molecular weight excluding hydrogens is 392 g/mol. The Morgan fingerprint density at radius 1 is 1.00 bits per heavy atom. The van der Waals surface area contributed by atoms with Crippen molar-refractivity contribution >= 4 is 11.9 Å². The molecule has 2 heterocycles. The second-order valence-electron chi connectivity index (χ2n) is 7.09. The Balaban J connectivity index is 0.000000500. The number of hydrogen-bond donors (Lipinski definition) is 0. The summed E-state index contributed by atoms with van der Waals surface area (Å²) in [6.45, 7) is 4.33. The predicted molar refractivity (Wildman–Crippen MR) is 85.8 cm³/mol. The first-order valence-corrected chi connectivity index (χ1v) is 10.7. The first-order valence-electron chi connectivity index (χ1n) is 9.47. The molecule has 8 nitrogen and oxygen atoms in total. The van der Waals surface area contributed by atoms with Gasteiger partial charge in [0.15, 0.2) is 0 Å². The van der Waals surface area contributed by atoms with Crippen molar-refractivity contribution in [2.24, 2.45) is 11.8 Å². The lowest BCUT2D eigenvalue weighted by atomic mass is 9.76.